The lowest BCUT2D eigenvalue weighted by Gasteiger charge is -2.32. The van der Waals surface area contributed by atoms with E-state index in [0.29, 0.717) is 23.3 Å². The van der Waals surface area contributed by atoms with Crippen molar-refractivity contribution in [1.29, 1.82) is 0 Å². The normalized spacial score (nSPS) is 13.7. The number of hydrogen-bond acceptors (Lipinski definition) is 4. The minimum atomic E-state index is -0.811. The number of amides is 2. The predicted octanol–water partition coefficient (Wildman–Crippen LogP) is 4.52. The molecule has 0 radical (unpaired) electrons. The molecule has 2 N–H and O–H groups in total. The number of carbonyl (C=O) groups is 2. The van der Waals surface area contributed by atoms with E-state index >= 15 is 0 Å². The average Bonchev–Trinajstić information content (AvgIpc) is 3.70. The van der Waals surface area contributed by atoms with Crippen molar-refractivity contribution >= 4 is 11.8 Å². The smallest absolute Gasteiger partial charge is 0.247 e. The zero-order valence-electron chi connectivity index (χ0n) is 19.6. The van der Waals surface area contributed by atoms with Crippen LogP contribution in [0.25, 0.3) is 0 Å². The van der Waals surface area contributed by atoms with Gasteiger partial charge in [-0.1, -0.05) is 36.4 Å². The molecule has 1 aliphatic rings. The molecule has 1 unspecified atom stereocenters. The number of ether oxygens (including phenoxy) is 1. The largest absolute Gasteiger partial charge is 0.508 e. The topological polar surface area (TPSA) is 78.9 Å². The number of nitrogens with zero attached hydrogens (tertiary/aromatic N) is 1. The van der Waals surface area contributed by atoms with Crippen molar-refractivity contribution in [1.82, 2.24) is 10.2 Å². The van der Waals surface area contributed by atoms with E-state index in [1.165, 1.54) is 12.1 Å². The highest BCUT2D eigenvalue weighted by Crippen LogP contribution is 2.36. The Morgan fingerprint density at radius 3 is 2.40 bits per heavy atom. The van der Waals surface area contributed by atoms with Crippen LogP contribution in [0.1, 0.15) is 42.0 Å². The number of phenolic OH excluding ortho intramolecular Hbond substituents is 1. The van der Waals surface area contributed by atoms with Crippen LogP contribution in [-0.4, -0.2) is 35.0 Å². The number of benzene rings is 3. The Labute approximate surface area is 204 Å². The molecule has 2 amide bonds. The number of phenols is 1. The van der Waals surface area contributed by atoms with Gasteiger partial charge in [0.05, 0.1) is 7.11 Å². The van der Waals surface area contributed by atoms with Gasteiger partial charge in [-0.3, -0.25) is 9.59 Å². The molecule has 0 bridgehead atoms. The molecule has 1 aliphatic carbocycles. The molecule has 7 heteroatoms. The van der Waals surface area contributed by atoms with Crippen LogP contribution in [0.2, 0.25) is 0 Å². The Morgan fingerprint density at radius 1 is 1.06 bits per heavy atom. The highest BCUT2D eigenvalue weighted by molar-refractivity contribution is 5.89. The highest BCUT2D eigenvalue weighted by Gasteiger charge is 2.41. The van der Waals surface area contributed by atoms with Crippen molar-refractivity contribution in [2.24, 2.45) is 0 Å². The van der Waals surface area contributed by atoms with E-state index in [1.807, 2.05) is 0 Å². The van der Waals surface area contributed by atoms with Crippen molar-refractivity contribution in [2.45, 2.75) is 44.3 Å². The Kier molecular flexibility index (Phi) is 7.65. The van der Waals surface area contributed by atoms with Gasteiger partial charge in [-0.15, -0.1) is 0 Å². The second kappa shape index (κ2) is 11.0. The van der Waals surface area contributed by atoms with Crippen LogP contribution in [0.3, 0.4) is 0 Å². The SMILES string of the molecule is COc1ccc(C(C(=O)NCc2cccc(F)c2)N(C(=O)CCc2ccc(O)cc2)C2CC2)cc1. The summed E-state index contributed by atoms with van der Waals surface area (Å²) in [6, 6.07) is 19.2. The molecule has 0 spiro atoms. The maximum Gasteiger partial charge on any atom is 0.247 e. The monoisotopic (exact) mass is 476 g/mol. The summed E-state index contributed by atoms with van der Waals surface area (Å²) in [5.74, 6) is 0.0394. The van der Waals surface area contributed by atoms with Crippen LogP contribution in [0, 0.1) is 5.82 Å². The summed E-state index contributed by atoms with van der Waals surface area (Å²) in [5, 5.41) is 12.4. The lowest BCUT2D eigenvalue weighted by Crippen LogP contribution is -2.45. The summed E-state index contributed by atoms with van der Waals surface area (Å²) in [4.78, 5) is 28.6. The van der Waals surface area contributed by atoms with Gasteiger partial charge >= 0.3 is 0 Å². The summed E-state index contributed by atoms with van der Waals surface area (Å²) in [6.07, 6.45) is 2.43. The lowest BCUT2D eigenvalue weighted by molar-refractivity contribution is -0.141. The standard InChI is InChI=1S/C28H29FN2O4/c1-35-25-14-8-21(9-15-25)27(28(34)30-18-20-3-2-4-22(29)17-20)31(23-10-11-23)26(33)16-7-19-5-12-24(32)13-6-19/h2-6,8-9,12-15,17,23,27,32H,7,10-11,16,18H2,1H3,(H,30,34). The van der Waals surface area contributed by atoms with E-state index in [2.05, 4.69) is 5.32 Å². The Hall–Kier alpha value is -3.87. The minimum Gasteiger partial charge on any atom is -0.508 e. The molecule has 3 aromatic rings. The number of rotatable bonds is 10. The number of aromatic hydroxyl groups is 1. The van der Waals surface area contributed by atoms with Crippen LogP contribution in [0.5, 0.6) is 11.5 Å². The number of methoxy groups -OCH3 is 1. The quantitative estimate of drug-likeness (QED) is 0.451. The number of aryl methyl sites for hydroxylation is 1. The van der Waals surface area contributed by atoms with Crippen LogP contribution in [-0.2, 0) is 22.6 Å². The van der Waals surface area contributed by atoms with Crippen molar-refractivity contribution in [3.05, 3.63) is 95.3 Å². The van der Waals surface area contributed by atoms with Crippen LogP contribution in [0.4, 0.5) is 4.39 Å². The van der Waals surface area contributed by atoms with Gasteiger partial charge in [-0.25, -0.2) is 4.39 Å². The Bertz CT molecular complexity index is 1160. The van der Waals surface area contributed by atoms with Gasteiger partial charge in [0, 0.05) is 19.0 Å². The average molecular weight is 477 g/mol. The fourth-order valence-electron chi connectivity index (χ4n) is 4.11. The first-order valence-electron chi connectivity index (χ1n) is 11.7. The van der Waals surface area contributed by atoms with Gasteiger partial charge in [0.1, 0.15) is 23.4 Å². The third-order valence-corrected chi connectivity index (χ3v) is 6.11. The molecule has 0 heterocycles. The predicted molar refractivity (Wildman–Crippen MR) is 130 cm³/mol. The third kappa shape index (κ3) is 6.38. The molecule has 6 nitrogen and oxygen atoms in total. The molecular weight excluding hydrogens is 447 g/mol. The number of carbonyl (C=O) groups excluding carboxylic acids is 2. The molecular formula is C28H29FN2O4. The molecule has 0 saturated heterocycles. The molecule has 4 rings (SSSR count). The van der Waals surface area contributed by atoms with Gasteiger partial charge in [0.25, 0.3) is 0 Å². The van der Waals surface area contributed by atoms with Crippen molar-refractivity contribution in [2.75, 3.05) is 7.11 Å². The zero-order chi connectivity index (χ0) is 24.8. The van der Waals surface area contributed by atoms with Gasteiger partial charge in [0.2, 0.25) is 11.8 Å². The zero-order valence-corrected chi connectivity index (χ0v) is 19.6. The van der Waals surface area contributed by atoms with Crippen LogP contribution in [0.15, 0.2) is 72.8 Å². The molecule has 35 heavy (non-hydrogen) atoms. The van der Waals surface area contributed by atoms with E-state index in [1.54, 1.807) is 72.7 Å². The summed E-state index contributed by atoms with van der Waals surface area (Å²) >= 11 is 0. The fraction of sp³-hybridized carbons (Fsp3) is 0.286. The van der Waals surface area contributed by atoms with Gasteiger partial charge < -0.3 is 20.1 Å². The molecule has 3 aromatic carbocycles. The molecule has 1 fully saturated rings. The fourth-order valence-corrected chi connectivity index (χ4v) is 4.11. The minimum absolute atomic E-state index is 0.00524. The van der Waals surface area contributed by atoms with E-state index in [-0.39, 0.29) is 42.4 Å². The Balaban J connectivity index is 1.55. The third-order valence-electron chi connectivity index (χ3n) is 6.11. The van der Waals surface area contributed by atoms with Crippen LogP contribution >= 0.6 is 0 Å². The van der Waals surface area contributed by atoms with Gasteiger partial charge in [-0.2, -0.15) is 0 Å². The first-order chi connectivity index (χ1) is 16.9. The maximum atomic E-state index is 13.6. The molecule has 1 atom stereocenters. The number of nitrogens with one attached hydrogen (secondary N) is 1. The Morgan fingerprint density at radius 2 is 1.77 bits per heavy atom. The highest BCUT2D eigenvalue weighted by atomic mass is 19.1. The van der Waals surface area contributed by atoms with Crippen molar-refractivity contribution in [3.63, 3.8) is 0 Å². The van der Waals surface area contributed by atoms with E-state index in [9.17, 15) is 19.1 Å². The summed E-state index contributed by atoms with van der Waals surface area (Å²) < 4.78 is 18.8. The molecule has 1 saturated carbocycles. The van der Waals surface area contributed by atoms with E-state index in [4.69, 9.17) is 4.74 Å². The second-order valence-electron chi connectivity index (χ2n) is 8.72. The molecule has 0 aromatic heterocycles. The first kappa shape index (κ1) is 24.3. The van der Waals surface area contributed by atoms with Crippen molar-refractivity contribution < 1.29 is 23.8 Å². The lowest BCUT2D eigenvalue weighted by atomic mass is 10.0. The maximum absolute atomic E-state index is 13.6. The van der Waals surface area contributed by atoms with E-state index in [0.717, 1.165) is 18.4 Å². The summed E-state index contributed by atoms with van der Waals surface area (Å²) in [6.45, 7) is 0.156. The van der Waals surface area contributed by atoms with Crippen molar-refractivity contribution in [3.8, 4) is 11.5 Å². The summed E-state index contributed by atoms with van der Waals surface area (Å²) in [7, 11) is 1.57. The number of hydrogen-bond donors (Lipinski definition) is 2. The van der Waals surface area contributed by atoms with Gasteiger partial charge in [-0.05, 0) is 72.4 Å². The number of halogens is 1. The second-order valence-corrected chi connectivity index (χ2v) is 8.72. The first-order valence-corrected chi connectivity index (χ1v) is 11.7. The van der Waals surface area contributed by atoms with Gasteiger partial charge in [0.15, 0.2) is 0 Å². The van der Waals surface area contributed by atoms with E-state index < -0.39 is 6.04 Å². The summed E-state index contributed by atoms with van der Waals surface area (Å²) in [5.41, 5.74) is 2.26. The molecule has 0 aliphatic heterocycles. The van der Waals surface area contributed by atoms with Crippen LogP contribution < -0.4 is 10.1 Å². The molecule has 182 valence electrons.